The van der Waals surface area contributed by atoms with Crippen molar-refractivity contribution in [2.45, 2.75) is 64.5 Å². The maximum Gasteiger partial charge on any atom is 0.269 e. The van der Waals surface area contributed by atoms with E-state index >= 15 is 0 Å². The van der Waals surface area contributed by atoms with Crippen molar-refractivity contribution < 1.29 is 4.79 Å². The predicted molar refractivity (Wildman–Crippen MR) is 162 cm³/mol. The van der Waals surface area contributed by atoms with Gasteiger partial charge in [0.15, 0.2) is 0 Å². The molecule has 2 aromatic carbocycles. The van der Waals surface area contributed by atoms with Crippen LogP contribution in [0.25, 0.3) is 10.9 Å². The summed E-state index contributed by atoms with van der Waals surface area (Å²) in [4.78, 5) is 24.9. The Balaban J connectivity index is 1.18. The van der Waals surface area contributed by atoms with Crippen molar-refractivity contribution in [3.8, 4) is 0 Å². The normalized spacial score (nSPS) is 17.5. The van der Waals surface area contributed by atoms with E-state index in [-0.39, 0.29) is 11.3 Å². The zero-order chi connectivity index (χ0) is 28.3. The number of benzene rings is 2. The molecule has 2 heterocycles. The molecule has 5 rings (SSSR count). The molecular weight excluding hydrogens is 498 g/mol. The molecule has 8 nitrogen and oxygen atoms in total. The topological polar surface area (TPSA) is 88.0 Å². The summed E-state index contributed by atoms with van der Waals surface area (Å²) in [5, 5.41) is 12.7. The molecule has 1 fully saturated rings. The smallest absolute Gasteiger partial charge is 0.269 e. The van der Waals surface area contributed by atoms with E-state index in [0.717, 1.165) is 53.7 Å². The standard InChI is InChI=1S/C32H41N7O/c1-32(2,3)28-19-27(39(37-28)21-23-11-7-6-8-12-23)30(40)33-20-22-15-17-24(18-16-22)34-31-35-26-14-10-9-13-25(26)29(36-31)38(4)5/h6-14,19,22,24H,15-18,20-21H2,1-5H3,(H,33,40)(H,34,35,36). The summed E-state index contributed by atoms with van der Waals surface area (Å²) >= 11 is 0. The highest BCUT2D eigenvalue weighted by Crippen LogP contribution is 2.28. The number of rotatable bonds is 8. The monoisotopic (exact) mass is 539 g/mol. The molecule has 0 atom stereocenters. The zero-order valence-electron chi connectivity index (χ0n) is 24.3. The number of aromatic nitrogens is 4. The van der Waals surface area contributed by atoms with Gasteiger partial charge in [-0.25, -0.2) is 4.98 Å². The summed E-state index contributed by atoms with van der Waals surface area (Å²) < 4.78 is 1.84. The van der Waals surface area contributed by atoms with Crippen LogP contribution < -0.4 is 15.5 Å². The Labute approximate surface area is 237 Å². The van der Waals surface area contributed by atoms with E-state index in [4.69, 9.17) is 15.1 Å². The Morgan fingerprint density at radius 1 is 0.975 bits per heavy atom. The molecule has 0 aliphatic heterocycles. The molecule has 0 saturated heterocycles. The molecule has 40 heavy (non-hydrogen) atoms. The minimum Gasteiger partial charge on any atom is -0.362 e. The molecule has 4 aromatic rings. The first kappa shape index (κ1) is 27.6. The number of carbonyl (C=O) groups excluding carboxylic acids is 1. The second-order valence-electron chi connectivity index (χ2n) is 12.2. The van der Waals surface area contributed by atoms with E-state index in [1.165, 1.54) is 0 Å². The summed E-state index contributed by atoms with van der Waals surface area (Å²) in [5.74, 6) is 2.00. The van der Waals surface area contributed by atoms with Crippen LogP contribution >= 0.6 is 0 Å². The van der Waals surface area contributed by atoms with Crippen molar-refractivity contribution >= 4 is 28.6 Å². The Hall–Kier alpha value is -3.94. The van der Waals surface area contributed by atoms with Gasteiger partial charge in [-0.15, -0.1) is 0 Å². The fourth-order valence-electron chi connectivity index (χ4n) is 5.33. The summed E-state index contributed by atoms with van der Waals surface area (Å²) in [7, 11) is 4.02. The molecular formula is C32H41N7O. The first-order valence-corrected chi connectivity index (χ1v) is 14.3. The number of hydrogen-bond donors (Lipinski definition) is 2. The lowest BCUT2D eigenvalue weighted by molar-refractivity contribution is 0.0933. The van der Waals surface area contributed by atoms with Gasteiger partial charge in [-0.2, -0.15) is 10.1 Å². The summed E-state index contributed by atoms with van der Waals surface area (Å²) in [5.41, 5.74) is 3.48. The highest BCUT2D eigenvalue weighted by molar-refractivity contribution is 5.93. The summed E-state index contributed by atoms with van der Waals surface area (Å²) in [6, 6.07) is 20.6. The third-order valence-corrected chi connectivity index (χ3v) is 7.69. The number of fused-ring (bicyclic) bond motifs is 1. The molecule has 2 N–H and O–H groups in total. The second-order valence-corrected chi connectivity index (χ2v) is 12.2. The molecule has 8 heteroatoms. The van der Waals surface area contributed by atoms with E-state index in [1.807, 2.05) is 66.1 Å². The van der Waals surface area contributed by atoms with Gasteiger partial charge in [0.2, 0.25) is 5.95 Å². The SMILES string of the molecule is CN(C)c1nc(NC2CCC(CNC(=O)c3cc(C(C)(C)C)nn3Cc3ccccc3)CC2)nc2ccccc12. The Bertz CT molecular complexity index is 1450. The molecule has 1 aliphatic carbocycles. The van der Waals surface area contributed by atoms with E-state index in [1.54, 1.807) is 0 Å². The quantitative estimate of drug-likeness (QED) is 0.301. The molecule has 0 bridgehead atoms. The molecule has 210 valence electrons. The van der Waals surface area contributed by atoms with Gasteiger partial charge >= 0.3 is 0 Å². The average Bonchev–Trinajstić information content (AvgIpc) is 3.37. The Kier molecular flexibility index (Phi) is 8.05. The van der Waals surface area contributed by atoms with Gasteiger partial charge in [0.05, 0.1) is 17.8 Å². The molecule has 1 saturated carbocycles. The van der Waals surface area contributed by atoms with E-state index in [9.17, 15) is 4.79 Å². The van der Waals surface area contributed by atoms with E-state index < -0.39 is 0 Å². The average molecular weight is 540 g/mol. The maximum absolute atomic E-state index is 13.3. The Morgan fingerprint density at radius 2 is 1.68 bits per heavy atom. The minimum absolute atomic E-state index is 0.0556. The van der Waals surface area contributed by atoms with Crippen LogP contribution in [0, 0.1) is 5.92 Å². The number of amides is 1. The number of nitrogens with one attached hydrogen (secondary N) is 2. The summed E-state index contributed by atoms with van der Waals surface area (Å²) in [6.07, 6.45) is 4.13. The van der Waals surface area contributed by atoms with Crippen LogP contribution in [-0.2, 0) is 12.0 Å². The van der Waals surface area contributed by atoms with Crippen LogP contribution in [0.1, 0.15) is 68.2 Å². The summed E-state index contributed by atoms with van der Waals surface area (Å²) in [6.45, 7) is 7.62. The predicted octanol–water partition coefficient (Wildman–Crippen LogP) is 5.64. The van der Waals surface area contributed by atoms with Crippen molar-refractivity contribution in [1.82, 2.24) is 25.1 Å². The number of anilines is 2. The highest BCUT2D eigenvalue weighted by atomic mass is 16.2. The van der Waals surface area contributed by atoms with Crippen LogP contribution in [0.15, 0.2) is 60.7 Å². The fraction of sp³-hybridized carbons (Fsp3) is 0.438. The fourth-order valence-corrected chi connectivity index (χ4v) is 5.33. The van der Waals surface area contributed by atoms with Crippen LogP contribution in [0.2, 0.25) is 0 Å². The zero-order valence-corrected chi connectivity index (χ0v) is 24.3. The lowest BCUT2D eigenvalue weighted by Gasteiger charge is -2.29. The first-order chi connectivity index (χ1) is 19.2. The Morgan fingerprint density at radius 3 is 2.38 bits per heavy atom. The molecule has 0 unspecified atom stereocenters. The third kappa shape index (κ3) is 6.43. The van der Waals surface area contributed by atoms with E-state index in [0.29, 0.717) is 36.7 Å². The van der Waals surface area contributed by atoms with Gasteiger partial charge in [0.25, 0.3) is 5.91 Å². The molecule has 0 radical (unpaired) electrons. The van der Waals surface area contributed by atoms with Crippen molar-refractivity contribution in [1.29, 1.82) is 0 Å². The second kappa shape index (κ2) is 11.7. The van der Waals surface area contributed by atoms with Crippen LogP contribution in [0.4, 0.5) is 11.8 Å². The van der Waals surface area contributed by atoms with Gasteiger partial charge in [-0.3, -0.25) is 9.48 Å². The maximum atomic E-state index is 13.3. The third-order valence-electron chi connectivity index (χ3n) is 7.69. The molecule has 2 aromatic heterocycles. The van der Waals surface area contributed by atoms with Crippen molar-refractivity contribution in [3.05, 3.63) is 77.6 Å². The van der Waals surface area contributed by atoms with Crippen LogP contribution in [0.5, 0.6) is 0 Å². The number of hydrogen-bond acceptors (Lipinski definition) is 6. The minimum atomic E-state index is -0.135. The van der Waals surface area contributed by atoms with Gasteiger partial charge in [-0.05, 0) is 55.4 Å². The first-order valence-electron chi connectivity index (χ1n) is 14.3. The molecule has 1 amide bonds. The molecule has 1 aliphatic rings. The molecule has 0 spiro atoms. The van der Waals surface area contributed by atoms with Crippen molar-refractivity contribution in [2.24, 2.45) is 5.92 Å². The van der Waals surface area contributed by atoms with Crippen LogP contribution in [0.3, 0.4) is 0 Å². The van der Waals surface area contributed by atoms with Crippen molar-refractivity contribution in [2.75, 3.05) is 30.9 Å². The van der Waals surface area contributed by atoms with Gasteiger partial charge in [-0.1, -0.05) is 63.2 Å². The van der Waals surface area contributed by atoms with Gasteiger partial charge in [0, 0.05) is 37.5 Å². The van der Waals surface area contributed by atoms with Crippen LogP contribution in [-0.4, -0.2) is 52.3 Å². The number of nitrogens with zero attached hydrogens (tertiary/aromatic N) is 5. The largest absolute Gasteiger partial charge is 0.362 e. The van der Waals surface area contributed by atoms with E-state index in [2.05, 4.69) is 49.6 Å². The lowest BCUT2D eigenvalue weighted by atomic mass is 9.86. The lowest BCUT2D eigenvalue weighted by Crippen LogP contribution is -2.35. The van der Waals surface area contributed by atoms with Gasteiger partial charge < -0.3 is 15.5 Å². The number of carbonyl (C=O) groups is 1. The highest BCUT2D eigenvalue weighted by Gasteiger charge is 2.26. The van der Waals surface area contributed by atoms with Gasteiger partial charge in [0.1, 0.15) is 11.5 Å². The van der Waals surface area contributed by atoms with Crippen molar-refractivity contribution in [3.63, 3.8) is 0 Å². The number of para-hydroxylation sites is 1.